The molecule has 1 aromatic heterocycles. The lowest BCUT2D eigenvalue weighted by atomic mass is 10.1. The van der Waals surface area contributed by atoms with Crippen LogP contribution in [0.2, 0.25) is 0 Å². The number of nitrogens with one attached hydrogen (secondary N) is 2. The fourth-order valence-corrected chi connectivity index (χ4v) is 3.72. The number of H-pyrrole nitrogens is 1. The maximum Gasteiger partial charge on any atom is 0.343 e. The molecule has 8 heteroatoms. The summed E-state index contributed by atoms with van der Waals surface area (Å²) in [6.07, 6.45) is 1.32. The van der Waals surface area contributed by atoms with Crippen LogP contribution in [0.1, 0.15) is 18.1 Å². The number of amides is 1. The van der Waals surface area contributed by atoms with Crippen LogP contribution < -0.4 is 11.0 Å². The number of carbonyl (C=O) groups is 1. The predicted octanol–water partition coefficient (Wildman–Crippen LogP) is 2.79. The molecule has 29 heavy (non-hydrogen) atoms. The van der Waals surface area contributed by atoms with Crippen LogP contribution in [0.4, 0.5) is 4.39 Å². The van der Waals surface area contributed by atoms with Crippen LogP contribution in [0.15, 0.2) is 64.5 Å². The highest BCUT2D eigenvalue weighted by Gasteiger charge is 2.18. The van der Waals surface area contributed by atoms with Gasteiger partial charge in [0.1, 0.15) is 5.82 Å². The first kappa shape index (κ1) is 20.9. The Bertz CT molecular complexity index is 986. The van der Waals surface area contributed by atoms with Crippen LogP contribution >= 0.6 is 11.8 Å². The fourth-order valence-electron chi connectivity index (χ4n) is 2.81. The van der Waals surface area contributed by atoms with E-state index in [2.05, 4.69) is 15.5 Å². The average molecular weight is 415 g/mol. The molecule has 0 unspecified atom stereocenters. The smallest absolute Gasteiger partial charge is 0.343 e. The fraction of sp³-hybridized carbons (Fsp3) is 0.286. The molecule has 0 saturated carbocycles. The number of halogens is 1. The van der Waals surface area contributed by atoms with Crippen molar-refractivity contribution in [2.24, 2.45) is 0 Å². The maximum absolute atomic E-state index is 12.9. The molecule has 0 aliphatic rings. The van der Waals surface area contributed by atoms with Crippen LogP contribution in [0.5, 0.6) is 0 Å². The second-order valence-corrected chi connectivity index (χ2v) is 7.93. The van der Waals surface area contributed by atoms with Crippen molar-refractivity contribution in [2.75, 3.05) is 6.54 Å². The van der Waals surface area contributed by atoms with E-state index in [0.29, 0.717) is 31.1 Å². The van der Waals surface area contributed by atoms with Crippen molar-refractivity contribution in [3.05, 3.63) is 82.0 Å². The minimum atomic E-state index is -0.408. The minimum Gasteiger partial charge on any atom is -0.355 e. The van der Waals surface area contributed by atoms with Crippen LogP contribution in [0.25, 0.3) is 0 Å². The zero-order chi connectivity index (χ0) is 20.6. The van der Waals surface area contributed by atoms with Gasteiger partial charge in [0.2, 0.25) is 5.91 Å². The molecule has 1 amide bonds. The van der Waals surface area contributed by atoms with Crippen molar-refractivity contribution in [3.63, 3.8) is 0 Å². The molecule has 0 fully saturated rings. The number of aryl methyl sites for hydroxylation is 1. The van der Waals surface area contributed by atoms with Crippen LogP contribution in [-0.4, -0.2) is 32.5 Å². The van der Waals surface area contributed by atoms with Gasteiger partial charge < -0.3 is 5.32 Å². The van der Waals surface area contributed by atoms with Gasteiger partial charge in [-0.05, 0) is 43.0 Å². The molecule has 1 heterocycles. The molecule has 152 valence electrons. The van der Waals surface area contributed by atoms with Gasteiger partial charge in [0.15, 0.2) is 5.16 Å². The summed E-state index contributed by atoms with van der Waals surface area (Å²) < 4.78 is 14.5. The predicted molar refractivity (Wildman–Crippen MR) is 111 cm³/mol. The first-order valence-corrected chi connectivity index (χ1v) is 10.3. The highest BCUT2D eigenvalue weighted by molar-refractivity contribution is 8.00. The van der Waals surface area contributed by atoms with Crippen molar-refractivity contribution in [3.8, 4) is 0 Å². The van der Waals surface area contributed by atoms with E-state index in [9.17, 15) is 14.0 Å². The van der Waals surface area contributed by atoms with Crippen molar-refractivity contribution in [1.82, 2.24) is 20.1 Å². The molecule has 1 atom stereocenters. The van der Waals surface area contributed by atoms with Gasteiger partial charge in [0.25, 0.3) is 0 Å². The van der Waals surface area contributed by atoms with E-state index in [0.717, 1.165) is 11.1 Å². The van der Waals surface area contributed by atoms with E-state index in [1.54, 1.807) is 23.6 Å². The van der Waals surface area contributed by atoms with Gasteiger partial charge in [0.05, 0.1) is 5.25 Å². The average Bonchev–Trinajstić information content (AvgIpc) is 3.07. The van der Waals surface area contributed by atoms with Crippen molar-refractivity contribution >= 4 is 17.7 Å². The maximum atomic E-state index is 12.9. The number of nitrogens with zero attached hydrogens (tertiary/aromatic N) is 2. The van der Waals surface area contributed by atoms with E-state index in [1.807, 2.05) is 30.3 Å². The lowest BCUT2D eigenvalue weighted by Gasteiger charge is -2.12. The van der Waals surface area contributed by atoms with Crippen LogP contribution in [0.3, 0.4) is 0 Å². The van der Waals surface area contributed by atoms with E-state index < -0.39 is 5.25 Å². The normalized spacial score (nSPS) is 11.9. The molecular weight excluding hydrogens is 391 g/mol. The molecule has 0 aliphatic heterocycles. The topological polar surface area (TPSA) is 79.8 Å². The summed E-state index contributed by atoms with van der Waals surface area (Å²) in [5.41, 5.74) is 1.80. The second-order valence-electron chi connectivity index (χ2n) is 6.63. The van der Waals surface area contributed by atoms with E-state index >= 15 is 0 Å². The summed E-state index contributed by atoms with van der Waals surface area (Å²) in [6.45, 7) is 2.72. The second kappa shape index (κ2) is 10.1. The number of benzene rings is 2. The number of thioether (sulfide) groups is 1. The Balaban J connectivity index is 1.51. The number of aromatic amines is 1. The van der Waals surface area contributed by atoms with Gasteiger partial charge >= 0.3 is 5.69 Å². The van der Waals surface area contributed by atoms with E-state index in [1.165, 1.54) is 23.9 Å². The largest absolute Gasteiger partial charge is 0.355 e. The number of rotatable bonds is 9. The first-order chi connectivity index (χ1) is 14.0. The molecule has 3 aromatic rings. The van der Waals surface area contributed by atoms with Crippen molar-refractivity contribution in [1.29, 1.82) is 0 Å². The van der Waals surface area contributed by atoms with Crippen LogP contribution in [-0.2, 0) is 24.2 Å². The van der Waals surface area contributed by atoms with E-state index in [4.69, 9.17) is 0 Å². The third-order valence-electron chi connectivity index (χ3n) is 4.47. The summed E-state index contributed by atoms with van der Waals surface area (Å²) in [6, 6.07) is 16.1. The summed E-state index contributed by atoms with van der Waals surface area (Å²) in [4.78, 5) is 24.4. The Labute approximate surface area is 172 Å². The number of carbonyl (C=O) groups excluding carboxylic acids is 1. The summed E-state index contributed by atoms with van der Waals surface area (Å²) >= 11 is 1.24. The van der Waals surface area contributed by atoms with Gasteiger partial charge in [0, 0.05) is 13.1 Å². The number of aromatic nitrogens is 3. The SMILES string of the molecule is C[C@@H](Sc1n[nH]c(=O)n1CCc1ccccc1)C(=O)NCCc1ccc(F)cc1. The van der Waals surface area contributed by atoms with Crippen molar-refractivity contribution < 1.29 is 9.18 Å². The lowest BCUT2D eigenvalue weighted by Crippen LogP contribution is -2.32. The molecule has 3 rings (SSSR count). The van der Waals surface area contributed by atoms with Gasteiger partial charge in [-0.2, -0.15) is 0 Å². The lowest BCUT2D eigenvalue weighted by molar-refractivity contribution is -0.120. The van der Waals surface area contributed by atoms with Crippen LogP contribution in [0, 0.1) is 5.82 Å². The molecule has 0 bridgehead atoms. The Hall–Kier alpha value is -2.87. The third-order valence-corrected chi connectivity index (χ3v) is 5.56. The molecule has 0 aliphatic carbocycles. The Morgan fingerprint density at radius 3 is 2.55 bits per heavy atom. The molecule has 6 nitrogen and oxygen atoms in total. The Kier molecular flexibility index (Phi) is 7.24. The molecule has 0 radical (unpaired) electrons. The molecule has 2 aromatic carbocycles. The molecule has 2 N–H and O–H groups in total. The molecule has 0 saturated heterocycles. The zero-order valence-electron chi connectivity index (χ0n) is 16.1. The number of hydrogen-bond donors (Lipinski definition) is 2. The highest BCUT2D eigenvalue weighted by atomic mass is 32.2. The molecule has 0 spiro atoms. The highest BCUT2D eigenvalue weighted by Crippen LogP contribution is 2.20. The van der Waals surface area contributed by atoms with Crippen molar-refractivity contribution in [2.45, 2.75) is 36.7 Å². The summed E-state index contributed by atoms with van der Waals surface area (Å²) in [7, 11) is 0. The van der Waals surface area contributed by atoms with Gasteiger partial charge in [-0.1, -0.05) is 54.2 Å². The zero-order valence-corrected chi connectivity index (χ0v) is 16.9. The monoisotopic (exact) mass is 414 g/mol. The Morgan fingerprint density at radius 2 is 1.83 bits per heavy atom. The van der Waals surface area contributed by atoms with Gasteiger partial charge in [-0.3, -0.25) is 9.36 Å². The quantitative estimate of drug-likeness (QED) is 0.528. The third kappa shape index (κ3) is 6.05. The number of hydrogen-bond acceptors (Lipinski definition) is 4. The minimum absolute atomic E-state index is 0.137. The van der Waals surface area contributed by atoms with Gasteiger partial charge in [-0.25, -0.2) is 14.3 Å². The van der Waals surface area contributed by atoms with Gasteiger partial charge in [-0.15, -0.1) is 5.10 Å². The van der Waals surface area contributed by atoms with E-state index in [-0.39, 0.29) is 17.4 Å². The molecular formula is C21H23FN4O2S. The standard InChI is InChI=1S/C21H23FN4O2S/c1-15(19(27)23-13-11-17-7-9-18(22)10-8-17)29-21-25-24-20(28)26(21)14-12-16-5-3-2-4-6-16/h2-10,15H,11-14H2,1H3,(H,23,27)(H,24,28)/t15-/m1/s1. The first-order valence-electron chi connectivity index (χ1n) is 9.41. The Morgan fingerprint density at radius 1 is 1.14 bits per heavy atom. The summed E-state index contributed by atoms with van der Waals surface area (Å²) in [5.74, 6) is -0.415. The summed E-state index contributed by atoms with van der Waals surface area (Å²) in [5, 5.41) is 9.48.